The van der Waals surface area contributed by atoms with Gasteiger partial charge in [-0.2, -0.15) is 0 Å². The zero-order valence-electron chi connectivity index (χ0n) is 9.18. The van der Waals surface area contributed by atoms with E-state index in [1.165, 1.54) is 19.4 Å². The van der Waals surface area contributed by atoms with Gasteiger partial charge < -0.3 is 4.74 Å². The van der Waals surface area contributed by atoms with Crippen molar-refractivity contribution in [1.29, 1.82) is 0 Å². The van der Waals surface area contributed by atoms with E-state index >= 15 is 0 Å². The Bertz CT molecular complexity index is 213. The van der Waals surface area contributed by atoms with Crippen molar-refractivity contribution in [3.63, 3.8) is 0 Å². The third kappa shape index (κ3) is 2.15. The van der Waals surface area contributed by atoms with Gasteiger partial charge in [-0.3, -0.25) is 4.90 Å². The Morgan fingerprint density at radius 2 is 2.07 bits per heavy atom. The molecule has 0 aromatic rings. The summed E-state index contributed by atoms with van der Waals surface area (Å²) in [6, 6.07) is 0. The van der Waals surface area contributed by atoms with Crippen LogP contribution < -0.4 is 0 Å². The molecule has 14 heavy (non-hydrogen) atoms. The van der Waals surface area contributed by atoms with Crippen molar-refractivity contribution in [1.82, 2.24) is 4.90 Å². The van der Waals surface area contributed by atoms with Crippen LogP contribution in [0.5, 0.6) is 0 Å². The van der Waals surface area contributed by atoms with E-state index in [-0.39, 0.29) is 5.54 Å². The summed E-state index contributed by atoms with van der Waals surface area (Å²) in [5.41, 5.74) is 0.824. The first-order valence-electron chi connectivity index (χ1n) is 5.47. The highest BCUT2D eigenvalue weighted by molar-refractivity contribution is 9.09. The molecule has 1 heterocycles. The molecule has 0 atom stereocenters. The van der Waals surface area contributed by atoms with Gasteiger partial charge in [0.05, 0.1) is 13.2 Å². The SMILES string of the molecule is CC1(C)COCCN1CC1(CBr)CC1. The highest BCUT2D eigenvalue weighted by Gasteiger charge is 2.45. The average molecular weight is 262 g/mol. The minimum atomic E-state index is 0.232. The molecule has 0 N–H and O–H groups in total. The number of alkyl halides is 1. The molecule has 0 aromatic carbocycles. The molecule has 2 aliphatic rings. The Labute approximate surface area is 95.1 Å². The minimum absolute atomic E-state index is 0.232. The lowest BCUT2D eigenvalue weighted by molar-refractivity contribution is -0.0577. The summed E-state index contributed by atoms with van der Waals surface area (Å²) in [6.07, 6.45) is 2.79. The molecule has 3 heteroatoms. The topological polar surface area (TPSA) is 12.5 Å². The molecule has 2 fully saturated rings. The summed E-state index contributed by atoms with van der Waals surface area (Å²) >= 11 is 3.64. The van der Waals surface area contributed by atoms with E-state index in [4.69, 9.17) is 4.74 Å². The maximum atomic E-state index is 5.53. The van der Waals surface area contributed by atoms with E-state index in [1.807, 2.05) is 0 Å². The van der Waals surface area contributed by atoms with Gasteiger partial charge in [-0.05, 0) is 32.1 Å². The summed E-state index contributed by atoms with van der Waals surface area (Å²) in [5, 5.41) is 1.16. The maximum Gasteiger partial charge on any atom is 0.0645 e. The quantitative estimate of drug-likeness (QED) is 0.723. The highest BCUT2D eigenvalue weighted by Crippen LogP contribution is 2.48. The standard InChI is InChI=1S/C11H20BrNO/c1-10(2)9-14-6-5-13(10)8-11(7-12)3-4-11/h3-9H2,1-2H3. The number of morpholine rings is 1. The Morgan fingerprint density at radius 1 is 1.36 bits per heavy atom. The van der Waals surface area contributed by atoms with Gasteiger partial charge in [-0.15, -0.1) is 0 Å². The van der Waals surface area contributed by atoms with Crippen LogP contribution in [0.4, 0.5) is 0 Å². The molecule has 0 amide bonds. The third-order valence-corrected chi connectivity index (χ3v) is 4.77. The van der Waals surface area contributed by atoms with Crippen LogP contribution in [-0.4, -0.2) is 42.1 Å². The van der Waals surface area contributed by atoms with Crippen LogP contribution in [0.3, 0.4) is 0 Å². The molecule has 0 aromatic heterocycles. The van der Waals surface area contributed by atoms with Crippen molar-refractivity contribution < 1.29 is 4.74 Å². The number of hydrogen-bond donors (Lipinski definition) is 0. The smallest absolute Gasteiger partial charge is 0.0645 e. The summed E-state index contributed by atoms with van der Waals surface area (Å²) in [7, 11) is 0. The predicted octanol–water partition coefficient (Wildman–Crippen LogP) is 2.27. The van der Waals surface area contributed by atoms with E-state index in [2.05, 4.69) is 34.7 Å². The van der Waals surface area contributed by atoms with Crippen molar-refractivity contribution in [2.45, 2.75) is 32.2 Å². The molecule has 2 nitrogen and oxygen atoms in total. The fraction of sp³-hybridized carbons (Fsp3) is 1.00. The Balaban J connectivity index is 1.95. The van der Waals surface area contributed by atoms with Crippen molar-refractivity contribution in [3.8, 4) is 0 Å². The van der Waals surface area contributed by atoms with E-state index in [1.54, 1.807) is 0 Å². The zero-order chi connectivity index (χ0) is 10.2. The van der Waals surface area contributed by atoms with Crippen molar-refractivity contribution in [2.24, 2.45) is 5.41 Å². The fourth-order valence-corrected chi connectivity index (χ4v) is 2.84. The van der Waals surface area contributed by atoms with Crippen molar-refractivity contribution >= 4 is 15.9 Å². The first kappa shape index (κ1) is 10.9. The van der Waals surface area contributed by atoms with E-state index in [0.717, 1.165) is 25.1 Å². The Morgan fingerprint density at radius 3 is 2.57 bits per heavy atom. The molecule has 82 valence electrons. The number of nitrogens with zero attached hydrogens (tertiary/aromatic N) is 1. The third-order valence-electron chi connectivity index (χ3n) is 3.58. The number of halogens is 1. The molecule has 0 unspecified atom stereocenters. The lowest BCUT2D eigenvalue weighted by atomic mass is 9.99. The lowest BCUT2D eigenvalue weighted by Crippen LogP contribution is -2.54. The second-order valence-corrected chi connectivity index (χ2v) is 5.98. The van der Waals surface area contributed by atoms with Crippen LogP contribution >= 0.6 is 15.9 Å². The largest absolute Gasteiger partial charge is 0.378 e. The van der Waals surface area contributed by atoms with Gasteiger partial charge in [0.2, 0.25) is 0 Å². The van der Waals surface area contributed by atoms with Crippen LogP contribution in [0.2, 0.25) is 0 Å². The van der Waals surface area contributed by atoms with Gasteiger partial charge in [0, 0.05) is 24.0 Å². The average Bonchev–Trinajstić information content (AvgIpc) is 2.90. The predicted molar refractivity (Wildman–Crippen MR) is 61.9 cm³/mol. The normalized spacial score (nSPS) is 30.2. The van der Waals surface area contributed by atoms with Gasteiger partial charge in [-0.1, -0.05) is 15.9 Å². The first-order chi connectivity index (χ1) is 6.58. The van der Waals surface area contributed by atoms with Crippen LogP contribution in [0, 0.1) is 5.41 Å². The van der Waals surface area contributed by atoms with Gasteiger partial charge >= 0.3 is 0 Å². The molecule has 1 saturated carbocycles. The summed E-state index contributed by atoms with van der Waals surface area (Å²) in [6.45, 7) is 8.70. The van der Waals surface area contributed by atoms with Crippen molar-refractivity contribution in [3.05, 3.63) is 0 Å². The van der Waals surface area contributed by atoms with Gasteiger partial charge in [0.25, 0.3) is 0 Å². The Hall–Kier alpha value is 0.400. The number of rotatable bonds is 3. The fourth-order valence-electron chi connectivity index (χ4n) is 2.10. The Kier molecular flexibility index (Phi) is 2.93. The summed E-state index contributed by atoms with van der Waals surface area (Å²) in [4.78, 5) is 2.60. The summed E-state index contributed by atoms with van der Waals surface area (Å²) < 4.78 is 5.53. The van der Waals surface area contributed by atoms with Gasteiger partial charge in [-0.25, -0.2) is 0 Å². The van der Waals surface area contributed by atoms with Gasteiger partial charge in [0.15, 0.2) is 0 Å². The molecule has 0 spiro atoms. The zero-order valence-corrected chi connectivity index (χ0v) is 10.8. The molecule has 0 radical (unpaired) electrons. The van der Waals surface area contributed by atoms with Crippen LogP contribution in [0.15, 0.2) is 0 Å². The lowest BCUT2D eigenvalue weighted by Gasteiger charge is -2.43. The maximum absolute atomic E-state index is 5.53. The minimum Gasteiger partial charge on any atom is -0.378 e. The molecular weight excluding hydrogens is 242 g/mol. The number of hydrogen-bond acceptors (Lipinski definition) is 2. The van der Waals surface area contributed by atoms with E-state index in [0.29, 0.717) is 5.41 Å². The van der Waals surface area contributed by atoms with Crippen LogP contribution in [-0.2, 0) is 4.74 Å². The molecule has 2 rings (SSSR count). The highest BCUT2D eigenvalue weighted by atomic mass is 79.9. The second-order valence-electron chi connectivity index (χ2n) is 5.42. The van der Waals surface area contributed by atoms with E-state index < -0.39 is 0 Å². The molecule has 1 aliphatic heterocycles. The van der Waals surface area contributed by atoms with Crippen molar-refractivity contribution in [2.75, 3.05) is 31.6 Å². The summed E-state index contributed by atoms with van der Waals surface area (Å²) in [5.74, 6) is 0. The van der Waals surface area contributed by atoms with Crippen LogP contribution in [0.25, 0.3) is 0 Å². The van der Waals surface area contributed by atoms with Gasteiger partial charge in [0.1, 0.15) is 0 Å². The monoisotopic (exact) mass is 261 g/mol. The molecule has 0 bridgehead atoms. The first-order valence-corrected chi connectivity index (χ1v) is 6.59. The second kappa shape index (κ2) is 3.76. The molecule has 1 aliphatic carbocycles. The van der Waals surface area contributed by atoms with E-state index in [9.17, 15) is 0 Å². The molecular formula is C11H20BrNO. The number of ether oxygens (including phenoxy) is 1. The molecule has 1 saturated heterocycles. The van der Waals surface area contributed by atoms with Crippen LogP contribution in [0.1, 0.15) is 26.7 Å².